The molecule has 0 radical (unpaired) electrons. The third kappa shape index (κ3) is 4.90. The number of nitrogens with one attached hydrogen (secondary N) is 1. The highest BCUT2D eigenvalue weighted by molar-refractivity contribution is 7.91. The second kappa shape index (κ2) is 7.92. The second-order valence-electron chi connectivity index (χ2n) is 6.32. The molecule has 2 heterocycles. The zero-order chi connectivity index (χ0) is 17.7. The van der Waals surface area contributed by atoms with Gasteiger partial charge in [0, 0.05) is 25.3 Å². The monoisotopic (exact) mass is 354 g/mol. The number of carbonyl (C=O) groups excluding carboxylic acids is 1. The fraction of sp³-hybridized carbons (Fsp3) is 0.688. The van der Waals surface area contributed by atoms with Gasteiger partial charge >= 0.3 is 0 Å². The highest BCUT2D eigenvalue weighted by Crippen LogP contribution is 2.18. The quantitative estimate of drug-likeness (QED) is 0.749. The van der Waals surface area contributed by atoms with Crippen LogP contribution in [0.1, 0.15) is 48.8 Å². The van der Waals surface area contributed by atoms with Crippen LogP contribution in [-0.2, 0) is 9.84 Å². The summed E-state index contributed by atoms with van der Waals surface area (Å²) >= 11 is 0. The molecule has 1 atom stereocenters. The zero-order valence-corrected chi connectivity index (χ0v) is 15.4. The molecule has 1 unspecified atom stereocenters. The average molecular weight is 354 g/mol. The molecule has 0 bridgehead atoms. The number of aryl methyl sites for hydroxylation is 1. The average Bonchev–Trinajstić information content (AvgIpc) is 2.89. The lowest BCUT2D eigenvalue weighted by Crippen LogP contribution is -2.38. The summed E-state index contributed by atoms with van der Waals surface area (Å²) in [6.07, 6.45) is 3.77. The van der Waals surface area contributed by atoms with Gasteiger partial charge in [0.2, 0.25) is 5.95 Å². The number of carbonyl (C=O) groups is 1. The van der Waals surface area contributed by atoms with Crippen molar-refractivity contribution in [3.8, 4) is 0 Å². The number of hydrogen-bond acceptors (Lipinski definition) is 6. The van der Waals surface area contributed by atoms with Crippen LogP contribution in [0.25, 0.3) is 0 Å². The van der Waals surface area contributed by atoms with Gasteiger partial charge in [-0.2, -0.15) is 0 Å². The van der Waals surface area contributed by atoms with E-state index in [9.17, 15) is 13.2 Å². The lowest BCUT2D eigenvalue weighted by molar-refractivity contribution is 0.0741. The van der Waals surface area contributed by atoms with E-state index in [4.69, 9.17) is 0 Å². The molecule has 0 aromatic carbocycles. The Balaban J connectivity index is 2.07. The molecule has 24 heavy (non-hydrogen) atoms. The SMILES string of the molecule is CCCCCNc1nc(C)cc(C(=O)N(C)C2CCS(=O)(=O)C2)n1. The Hall–Kier alpha value is -1.70. The normalized spacial score (nSPS) is 19.2. The van der Waals surface area contributed by atoms with Gasteiger partial charge < -0.3 is 10.2 Å². The molecule has 1 aromatic heterocycles. The van der Waals surface area contributed by atoms with E-state index < -0.39 is 9.84 Å². The molecule has 8 heteroatoms. The Morgan fingerprint density at radius 1 is 1.38 bits per heavy atom. The van der Waals surface area contributed by atoms with Crippen molar-refractivity contribution in [3.05, 3.63) is 17.5 Å². The van der Waals surface area contributed by atoms with Crippen LogP contribution in [0.5, 0.6) is 0 Å². The number of amides is 1. The van der Waals surface area contributed by atoms with Crippen molar-refractivity contribution in [2.45, 2.75) is 45.6 Å². The number of unbranched alkanes of at least 4 members (excludes halogenated alkanes) is 2. The summed E-state index contributed by atoms with van der Waals surface area (Å²) in [6.45, 7) is 4.72. The van der Waals surface area contributed by atoms with Gasteiger partial charge in [0.1, 0.15) is 5.69 Å². The van der Waals surface area contributed by atoms with E-state index in [1.54, 1.807) is 13.1 Å². The van der Waals surface area contributed by atoms with E-state index in [0.29, 0.717) is 23.8 Å². The second-order valence-corrected chi connectivity index (χ2v) is 8.55. The Kier molecular flexibility index (Phi) is 6.15. The first kappa shape index (κ1) is 18.6. The first-order valence-corrected chi connectivity index (χ1v) is 10.2. The molecular formula is C16H26N4O3S. The minimum Gasteiger partial charge on any atom is -0.354 e. The van der Waals surface area contributed by atoms with E-state index >= 15 is 0 Å². The predicted molar refractivity (Wildman–Crippen MR) is 93.9 cm³/mol. The van der Waals surface area contributed by atoms with E-state index in [1.807, 2.05) is 6.92 Å². The predicted octanol–water partition coefficient (Wildman–Crippen LogP) is 1.65. The summed E-state index contributed by atoms with van der Waals surface area (Å²) in [4.78, 5) is 22.7. The molecule has 0 aliphatic carbocycles. The first-order chi connectivity index (χ1) is 11.3. The molecule has 7 nitrogen and oxygen atoms in total. The summed E-state index contributed by atoms with van der Waals surface area (Å²) in [5.74, 6) is 0.352. The number of rotatable bonds is 7. The lowest BCUT2D eigenvalue weighted by atomic mass is 10.2. The highest BCUT2D eigenvalue weighted by Gasteiger charge is 2.33. The van der Waals surface area contributed by atoms with Crippen LogP contribution in [0.2, 0.25) is 0 Å². The maximum Gasteiger partial charge on any atom is 0.272 e. The lowest BCUT2D eigenvalue weighted by Gasteiger charge is -2.23. The van der Waals surface area contributed by atoms with Gasteiger partial charge in [-0.15, -0.1) is 0 Å². The van der Waals surface area contributed by atoms with Crippen LogP contribution in [0.15, 0.2) is 6.07 Å². The van der Waals surface area contributed by atoms with E-state index in [0.717, 1.165) is 25.8 Å². The summed E-state index contributed by atoms with van der Waals surface area (Å²) in [6, 6.07) is 1.36. The molecule has 1 amide bonds. The Morgan fingerprint density at radius 3 is 2.75 bits per heavy atom. The fourth-order valence-corrected chi connectivity index (χ4v) is 4.53. The van der Waals surface area contributed by atoms with Crippen molar-refractivity contribution >= 4 is 21.7 Å². The smallest absolute Gasteiger partial charge is 0.272 e. The van der Waals surface area contributed by atoms with Gasteiger partial charge in [-0.05, 0) is 25.8 Å². The van der Waals surface area contributed by atoms with Gasteiger partial charge in [0.15, 0.2) is 9.84 Å². The van der Waals surface area contributed by atoms with E-state index in [-0.39, 0.29) is 23.5 Å². The van der Waals surface area contributed by atoms with Crippen molar-refractivity contribution < 1.29 is 13.2 Å². The first-order valence-electron chi connectivity index (χ1n) is 8.39. The van der Waals surface area contributed by atoms with Crippen molar-refractivity contribution in [3.63, 3.8) is 0 Å². The number of sulfone groups is 1. The summed E-state index contributed by atoms with van der Waals surface area (Å²) < 4.78 is 23.2. The number of aromatic nitrogens is 2. The molecule has 1 aliphatic rings. The molecule has 1 aliphatic heterocycles. The van der Waals surface area contributed by atoms with Crippen LogP contribution >= 0.6 is 0 Å². The highest BCUT2D eigenvalue weighted by atomic mass is 32.2. The van der Waals surface area contributed by atoms with Crippen LogP contribution < -0.4 is 5.32 Å². The van der Waals surface area contributed by atoms with Gasteiger partial charge in [-0.3, -0.25) is 4.79 Å². The molecule has 0 spiro atoms. The molecule has 1 fully saturated rings. The molecule has 134 valence electrons. The van der Waals surface area contributed by atoms with Gasteiger partial charge in [-0.25, -0.2) is 18.4 Å². The number of hydrogen-bond donors (Lipinski definition) is 1. The topological polar surface area (TPSA) is 92.3 Å². The molecule has 0 saturated carbocycles. The van der Waals surface area contributed by atoms with Crippen molar-refractivity contribution in [2.24, 2.45) is 0 Å². The maximum atomic E-state index is 12.6. The number of anilines is 1. The molecule has 1 saturated heterocycles. The molecular weight excluding hydrogens is 328 g/mol. The standard InChI is InChI=1S/C16H26N4O3S/c1-4-5-6-8-17-16-18-12(2)10-14(19-16)15(21)20(3)13-7-9-24(22,23)11-13/h10,13H,4-9,11H2,1-3H3,(H,17,18,19). The number of nitrogens with zero attached hydrogens (tertiary/aromatic N) is 3. The van der Waals surface area contributed by atoms with Crippen LogP contribution in [0.4, 0.5) is 5.95 Å². The molecule has 1 N–H and O–H groups in total. The van der Waals surface area contributed by atoms with Crippen molar-refractivity contribution in [2.75, 3.05) is 30.4 Å². The largest absolute Gasteiger partial charge is 0.354 e. The summed E-state index contributed by atoms with van der Waals surface area (Å²) in [5.41, 5.74) is 1.01. The summed E-state index contributed by atoms with van der Waals surface area (Å²) in [5, 5.41) is 3.15. The zero-order valence-electron chi connectivity index (χ0n) is 14.6. The third-order valence-electron chi connectivity index (χ3n) is 4.21. The Morgan fingerprint density at radius 2 is 2.12 bits per heavy atom. The van der Waals surface area contributed by atoms with Crippen LogP contribution in [0, 0.1) is 6.92 Å². The van der Waals surface area contributed by atoms with Crippen molar-refractivity contribution in [1.82, 2.24) is 14.9 Å². The fourth-order valence-electron chi connectivity index (χ4n) is 2.76. The van der Waals surface area contributed by atoms with Gasteiger partial charge in [-0.1, -0.05) is 19.8 Å². The van der Waals surface area contributed by atoms with Crippen LogP contribution in [-0.4, -0.2) is 60.3 Å². The third-order valence-corrected chi connectivity index (χ3v) is 5.96. The maximum absolute atomic E-state index is 12.6. The van der Waals surface area contributed by atoms with Crippen LogP contribution in [0.3, 0.4) is 0 Å². The minimum atomic E-state index is -3.03. The van der Waals surface area contributed by atoms with Crippen molar-refractivity contribution in [1.29, 1.82) is 0 Å². The molecule has 2 rings (SSSR count). The Labute approximate surface area is 143 Å². The minimum absolute atomic E-state index is 0.0292. The molecule has 1 aromatic rings. The van der Waals surface area contributed by atoms with Gasteiger partial charge in [0.25, 0.3) is 5.91 Å². The Bertz CT molecular complexity index is 691. The summed E-state index contributed by atoms with van der Waals surface area (Å²) in [7, 11) is -1.39. The van der Waals surface area contributed by atoms with E-state index in [2.05, 4.69) is 22.2 Å². The van der Waals surface area contributed by atoms with E-state index in [1.165, 1.54) is 4.90 Å². The van der Waals surface area contributed by atoms with Gasteiger partial charge in [0.05, 0.1) is 11.5 Å².